The first kappa shape index (κ1) is 11.6. The molecule has 3 rings (SSSR count). The Morgan fingerprint density at radius 3 is 2.67 bits per heavy atom. The van der Waals surface area contributed by atoms with E-state index in [4.69, 9.17) is 0 Å². The molecule has 0 radical (unpaired) electrons. The normalized spacial score (nSPS) is 29.1. The second-order valence-corrected chi connectivity index (χ2v) is 5.82. The molecule has 1 aromatic rings. The number of aromatic carboxylic acids is 1. The number of phenols is 1. The average Bonchev–Trinajstić information content (AvgIpc) is 2.63. The average molecular weight is 246 g/mol. The summed E-state index contributed by atoms with van der Waals surface area (Å²) in [6, 6.07) is 1.45. The quantitative estimate of drug-likeness (QED) is 0.799. The highest BCUT2D eigenvalue weighted by atomic mass is 16.4. The molecular weight excluding hydrogens is 228 g/mol. The Labute approximate surface area is 106 Å². The summed E-state index contributed by atoms with van der Waals surface area (Å²) in [5, 5.41) is 19.4. The topological polar surface area (TPSA) is 57.5 Å². The van der Waals surface area contributed by atoms with Crippen molar-refractivity contribution in [3.8, 4) is 5.75 Å². The third-order valence-corrected chi connectivity index (χ3v) is 4.72. The van der Waals surface area contributed by atoms with Gasteiger partial charge in [0, 0.05) is 5.56 Å². The van der Waals surface area contributed by atoms with Crippen molar-refractivity contribution in [1.29, 1.82) is 0 Å². The molecule has 2 aliphatic rings. The van der Waals surface area contributed by atoms with Crippen LogP contribution in [0.4, 0.5) is 0 Å². The molecule has 3 atom stereocenters. The highest BCUT2D eigenvalue weighted by Crippen LogP contribution is 2.53. The van der Waals surface area contributed by atoms with Gasteiger partial charge in [0.05, 0.1) is 5.56 Å². The van der Waals surface area contributed by atoms with Crippen LogP contribution in [0.1, 0.15) is 65.6 Å². The first-order valence-electron chi connectivity index (χ1n) is 6.62. The van der Waals surface area contributed by atoms with Crippen LogP contribution < -0.4 is 0 Å². The third-order valence-electron chi connectivity index (χ3n) is 4.72. The van der Waals surface area contributed by atoms with Crippen molar-refractivity contribution < 1.29 is 15.0 Å². The predicted octanol–water partition coefficient (Wildman–Crippen LogP) is 3.26. The van der Waals surface area contributed by atoms with Gasteiger partial charge in [-0.2, -0.15) is 0 Å². The van der Waals surface area contributed by atoms with E-state index >= 15 is 0 Å². The van der Waals surface area contributed by atoms with Crippen LogP contribution in [0, 0.1) is 5.92 Å². The molecule has 0 unspecified atom stereocenters. The Hall–Kier alpha value is -1.51. The highest BCUT2D eigenvalue weighted by molar-refractivity contribution is 5.91. The van der Waals surface area contributed by atoms with E-state index in [9.17, 15) is 15.0 Å². The number of rotatable bonds is 1. The molecule has 0 heterocycles. The summed E-state index contributed by atoms with van der Waals surface area (Å²) in [5.41, 5.74) is 3.43. The maximum Gasteiger partial charge on any atom is 0.336 e. The van der Waals surface area contributed by atoms with Gasteiger partial charge >= 0.3 is 5.97 Å². The smallest absolute Gasteiger partial charge is 0.336 e. The van der Waals surface area contributed by atoms with Crippen LogP contribution in [0.3, 0.4) is 0 Å². The molecule has 0 amide bonds. The van der Waals surface area contributed by atoms with Gasteiger partial charge in [-0.25, -0.2) is 4.79 Å². The zero-order valence-corrected chi connectivity index (χ0v) is 10.7. The second kappa shape index (κ2) is 3.74. The summed E-state index contributed by atoms with van der Waals surface area (Å²) in [5.74, 6) is 0.525. The van der Waals surface area contributed by atoms with Crippen molar-refractivity contribution in [2.24, 2.45) is 5.92 Å². The summed E-state index contributed by atoms with van der Waals surface area (Å²) in [6.45, 7) is 4.31. The standard InChI is InChI=1S/C15H18O3/c1-7-3-4-9-8(2)5-10-11(15(17)18)6-12(16)13(7)14(9)10/h6-9,16H,3-5H2,1-2H3,(H,17,18)/t7-,8-,9+/m1/s1. The molecule has 0 bridgehead atoms. The van der Waals surface area contributed by atoms with Crippen LogP contribution in [-0.4, -0.2) is 16.2 Å². The summed E-state index contributed by atoms with van der Waals surface area (Å²) in [4.78, 5) is 11.3. The molecule has 18 heavy (non-hydrogen) atoms. The van der Waals surface area contributed by atoms with Gasteiger partial charge in [0.25, 0.3) is 0 Å². The van der Waals surface area contributed by atoms with E-state index in [1.165, 1.54) is 6.07 Å². The molecule has 0 saturated heterocycles. The third kappa shape index (κ3) is 1.39. The van der Waals surface area contributed by atoms with Gasteiger partial charge in [0.1, 0.15) is 5.75 Å². The highest BCUT2D eigenvalue weighted by Gasteiger charge is 2.39. The molecule has 0 fully saturated rings. The van der Waals surface area contributed by atoms with Crippen LogP contribution in [0.15, 0.2) is 6.07 Å². The number of aromatic hydroxyl groups is 1. The Morgan fingerprint density at radius 2 is 2.00 bits per heavy atom. The maximum absolute atomic E-state index is 11.3. The van der Waals surface area contributed by atoms with E-state index in [2.05, 4.69) is 13.8 Å². The van der Waals surface area contributed by atoms with Crippen molar-refractivity contribution in [1.82, 2.24) is 0 Å². The number of hydrogen-bond donors (Lipinski definition) is 2. The van der Waals surface area contributed by atoms with Crippen LogP contribution in [0.2, 0.25) is 0 Å². The van der Waals surface area contributed by atoms with Gasteiger partial charge in [-0.1, -0.05) is 13.8 Å². The fraction of sp³-hybridized carbons (Fsp3) is 0.533. The van der Waals surface area contributed by atoms with Crippen molar-refractivity contribution in [2.45, 2.75) is 44.9 Å². The molecular formula is C15H18O3. The van der Waals surface area contributed by atoms with Crippen molar-refractivity contribution >= 4 is 5.97 Å². The Balaban J connectivity index is 2.30. The van der Waals surface area contributed by atoms with Crippen molar-refractivity contribution in [3.63, 3.8) is 0 Å². The lowest BCUT2D eigenvalue weighted by atomic mass is 9.75. The molecule has 0 spiro atoms. The SMILES string of the molecule is C[C@@H]1CC[C@@H]2c3c(c(C(=O)O)cc(O)c31)C[C@H]2C. The first-order chi connectivity index (χ1) is 8.50. The Kier molecular flexibility index (Phi) is 2.40. The van der Waals surface area contributed by atoms with E-state index in [-0.39, 0.29) is 5.75 Å². The number of carbonyl (C=O) groups is 1. The lowest BCUT2D eigenvalue weighted by Gasteiger charge is -2.30. The zero-order chi connectivity index (χ0) is 13.0. The fourth-order valence-electron chi connectivity index (χ4n) is 3.85. The van der Waals surface area contributed by atoms with E-state index in [1.807, 2.05) is 0 Å². The van der Waals surface area contributed by atoms with Gasteiger partial charge in [-0.15, -0.1) is 0 Å². The van der Waals surface area contributed by atoms with Gasteiger partial charge in [-0.3, -0.25) is 0 Å². The maximum atomic E-state index is 11.3. The Morgan fingerprint density at radius 1 is 1.28 bits per heavy atom. The number of benzene rings is 1. The lowest BCUT2D eigenvalue weighted by Crippen LogP contribution is -2.15. The summed E-state index contributed by atoms with van der Waals surface area (Å²) < 4.78 is 0. The van der Waals surface area contributed by atoms with E-state index in [0.29, 0.717) is 23.3 Å². The molecule has 0 aromatic heterocycles. The van der Waals surface area contributed by atoms with Gasteiger partial charge in [0.15, 0.2) is 0 Å². The number of phenolic OH excluding ortho intramolecular Hbond substituents is 1. The number of carboxylic acid groups (broad SMARTS) is 1. The van der Waals surface area contributed by atoms with E-state index in [1.54, 1.807) is 0 Å². The van der Waals surface area contributed by atoms with E-state index in [0.717, 1.165) is 36.0 Å². The zero-order valence-electron chi connectivity index (χ0n) is 10.7. The van der Waals surface area contributed by atoms with Gasteiger partial charge < -0.3 is 10.2 Å². The van der Waals surface area contributed by atoms with Crippen LogP contribution in [0.5, 0.6) is 5.75 Å². The number of carboxylic acids is 1. The largest absolute Gasteiger partial charge is 0.508 e. The molecule has 1 aromatic carbocycles. The monoisotopic (exact) mass is 246 g/mol. The molecule has 96 valence electrons. The molecule has 3 heteroatoms. The summed E-state index contributed by atoms with van der Waals surface area (Å²) in [7, 11) is 0. The summed E-state index contributed by atoms with van der Waals surface area (Å²) in [6.07, 6.45) is 3.04. The van der Waals surface area contributed by atoms with Crippen molar-refractivity contribution in [2.75, 3.05) is 0 Å². The molecule has 0 saturated carbocycles. The number of hydrogen-bond acceptors (Lipinski definition) is 2. The van der Waals surface area contributed by atoms with E-state index < -0.39 is 5.97 Å². The predicted molar refractivity (Wildman–Crippen MR) is 68.3 cm³/mol. The lowest BCUT2D eigenvalue weighted by molar-refractivity contribution is 0.0695. The minimum absolute atomic E-state index is 0.178. The van der Waals surface area contributed by atoms with Gasteiger partial charge in [0.2, 0.25) is 0 Å². The fourth-order valence-corrected chi connectivity index (χ4v) is 3.85. The van der Waals surface area contributed by atoms with Crippen LogP contribution in [-0.2, 0) is 6.42 Å². The Bertz CT molecular complexity index is 533. The van der Waals surface area contributed by atoms with Crippen molar-refractivity contribution in [3.05, 3.63) is 28.3 Å². The molecule has 2 aliphatic carbocycles. The minimum atomic E-state index is -0.922. The van der Waals surface area contributed by atoms with Crippen LogP contribution in [0.25, 0.3) is 0 Å². The second-order valence-electron chi connectivity index (χ2n) is 5.82. The molecule has 3 nitrogen and oxygen atoms in total. The summed E-state index contributed by atoms with van der Waals surface area (Å²) >= 11 is 0. The van der Waals surface area contributed by atoms with Crippen LogP contribution >= 0.6 is 0 Å². The molecule has 0 aliphatic heterocycles. The molecule has 2 N–H and O–H groups in total. The minimum Gasteiger partial charge on any atom is -0.508 e. The van der Waals surface area contributed by atoms with Gasteiger partial charge in [-0.05, 0) is 54.2 Å². The first-order valence-corrected chi connectivity index (χ1v) is 6.62.